The second kappa shape index (κ2) is 6.64. The minimum Gasteiger partial charge on any atom is -0.466 e. The Bertz CT molecular complexity index is 462. The van der Waals surface area contributed by atoms with E-state index in [0.29, 0.717) is 30.4 Å². The van der Waals surface area contributed by atoms with Gasteiger partial charge in [0.1, 0.15) is 0 Å². The molecule has 4 heteroatoms. The third-order valence-corrected chi connectivity index (χ3v) is 6.61. The Labute approximate surface area is 142 Å². The van der Waals surface area contributed by atoms with Crippen molar-refractivity contribution in [1.29, 1.82) is 0 Å². The number of fused-ring (bicyclic) bond motifs is 3. The van der Waals surface area contributed by atoms with Crippen LogP contribution in [0.1, 0.15) is 40.0 Å². The third-order valence-electron chi connectivity index (χ3n) is 5.82. The molecule has 0 unspecified atom stereocenters. The van der Waals surface area contributed by atoms with Crippen LogP contribution in [0.15, 0.2) is 10.6 Å². The van der Waals surface area contributed by atoms with Crippen LogP contribution in [0.3, 0.4) is 0 Å². The number of allylic oxidation sites excluding steroid dienone is 1. The summed E-state index contributed by atoms with van der Waals surface area (Å²) in [6, 6.07) is 0.575. The molecule has 0 radical (unpaired) electrons. The highest BCUT2D eigenvalue weighted by molar-refractivity contribution is 9.11. The molecule has 0 aromatic heterocycles. The molecule has 5 atom stereocenters. The van der Waals surface area contributed by atoms with Crippen LogP contribution >= 0.6 is 15.9 Å². The van der Waals surface area contributed by atoms with E-state index in [1.807, 2.05) is 6.92 Å². The summed E-state index contributed by atoms with van der Waals surface area (Å²) in [6.07, 6.45) is 6.26. The van der Waals surface area contributed by atoms with Crippen molar-refractivity contribution in [1.82, 2.24) is 4.90 Å². The van der Waals surface area contributed by atoms with Gasteiger partial charge in [-0.1, -0.05) is 42.3 Å². The molecule has 0 aromatic rings. The van der Waals surface area contributed by atoms with E-state index in [1.165, 1.54) is 30.3 Å². The standard InChI is InChI=1S/C18H28BrNO2/c1-4-22-18(21)17-15(11(2)3)13(19)9-12-10-20-8-6-5-7-14(20)16(12)17/h9,11-12,14-17H,4-8,10H2,1-3H3/t12-,14+,15-,16-,17+/m0/s1. The molecule has 2 aliphatic heterocycles. The number of esters is 1. The molecular weight excluding hydrogens is 342 g/mol. The maximum Gasteiger partial charge on any atom is 0.309 e. The van der Waals surface area contributed by atoms with Gasteiger partial charge in [0.25, 0.3) is 0 Å². The van der Waals surface area contributed by atoms with Gasteiger partial charge in [0, 0.05) is 18.5 Å². The van der Waals surface area contributed by atoms with Crippen molar-refractivity contribution >= 4 is 21.9 Å². The Morgan fingerprint density at radius 1 is 1.45 bits per heavy atom. The number of rotatable bonds is 3. The van der Waals surface area contributed by atoms with E-state index in [4.69, 9.17) is 4.74 Å². The van der Waals surface area contributed by atoms with Crippen LogP contribution in [0.5, 0.6) is 0 Å². The van der Waals surface area contributed by atoms with Crippen LogP contribution in [-0.4, -0.2) is 36.6 Å². The lowest BCUT2D eigenvalue weighted by molar-refractivity contribution is -0.154. The van der Waals surface area contributed by atoms with Crippen molar-refractivity contribution < 1.29 is 9.53 Å². The lowest BCUT2D eigenvalue weighted by Gasteiger charge is -2.42. The molecule has 3 nitrogen and oxygen atoms in total. The number of hydrogen-bond acceptors (Lipinski definition) is 3. The van der Waals surface area contributed by atoms with E-state index < -0.39 is 0 Å². The Morgan fingerprint density at radius 3 is 2.91 bits per heavy atom. The maximum absolute atomic E-state index is 12.8. The fourth-order valence-electron chi connectivity index (χ4n) is 5.03. The van der Waals surface area contributed by atoms with Gasteiger partial charge in [-0.25, -0.2) is 0 Å². The van der Waals surface area contributed by atoms with Crippen LogP contribution in [0, 0.1) is 29.6 Å². The van der Waals surface area contributed by atoms with Crippen molar-refractivity contribution in [2.75, 3.05) is 19.7 Å². The summed E-state index contributed by atoms with van der Waals surface area (Å²) in [5.74, 6) is 1.68. The highest BCUT2D eigenvalue weighted by atomic mass is 79.9. The Morgan fingerprint density at radius 2 is 2.23 bits per heavy atom. The number of hydrogen-bond donors (Lipinski definition) is 0. The molecular formula is C18H28BrNO2. The Kier molecular flexibility index (Phi) is 4.98. The normalized spacial score (nSPS) is 38.4. The largest absolute Gasteiger partial charge is 0.466 e. The number of nitrogens with zero attached hydrogens (tertiary/aromatic N) is 1. The lowest BCUT2D eigenvalue weighted by atomic mass is 9.65. The highest BCUT2D eigenvalue weighted by Crippen LogP contribution is 2.51. The van der Waals surface area contributed by atoms with Gasteiger partial charge >= 0.3 is 5.97 Å². The van der Waals surface area contributed by atoms with Gasteiger partial charge < -0.3 is 4.74 Å². The molecule has 3 rings (SSSR count). The van der Waals surface area contributed by atoms with Gasteiger partial charge in [-0.15, -0.1) is 0 Å². The minimum absolute atomic E-state index is 0.0115. The maximum atomic E-state index is 12.8. The van der Waals surface area contributed by atoms with E-state index in [2.05, 4.69) is 40.8 Å². The predicted molar refractivity (Wildman–Crippen MR) is 91.7 cm³/mol. The zero-order chi connectivity index (χ0) is 15.9. The van der Waals surface area contributed by atoms with Gasteiger partial charge in [-0.3, -0.25) is 9.69 Å². The topological polar surface area (TPSA) is 29.5 Å². The molecule has 0 N–H and O–H groups in total. The summed E-state index contributed by atoms with van der Waals surface area (Å²) < 4.78 is 6.72. The van der Waals surface area contributed by atoms with Crippen LogP contribution in [-0.2, 0) is 9.53 Å². The van der Waals surface area contributed by atoms with E-state index in [9.17, 15) is 4.79 Å². The van der Waals surface area contributed by atoms with Crippen LogP contribution in [0.4, 0.5) is 0 Å². The van der Waals surface area contributed by atoms with Crippen molar-refractivity contribution in [3.05, 3.63) is 10.6 Å². The molecule has 0 aromatic carbocycles. The van der Waals surface area contributed by atoms with Crippen LogP contribution in [0.2, 0.25) is 0 Å². The van der Waals surface area contributed by atoms with E-state index in [0.717, 1.165) is 6.54 Å². The molecule has 0 amide bonds. The number of ether oxygens (including phenoxy) is 1. The number of halogens is 1. The molecule has 124 valence electrons. The van der Waals surface area contributed by atoms with Crippen molar-refractivity contribution in [3.63, 3.8) is 0 Å². The summed E-state index contributed by atoms with van der Waals surface area (Å²) in [7, 11) is 0. The molecule has 2 heterocycles. The summed E-state index contributed by atoms with van der Waals surface area (Å²) in [4.78, 5) is 15.4. The molecule has 22 heavy (non-hydrogen) atoms. The molecule has 2 fully saturated rings. The van der Waals surface area contributed by atoms with Gasteiger partial charge in [-0.2, -0.15) is 0 Å². The lowest BCUT2D eigenvalue weighted by Crippen LogP contribution is -2.46. The van der Waals surface area contributed by atoms with Gasteiger partial charge in [0.05, 0.1) is 12.5 Å². The first-order valence-corrected chi connectivity index (χ1v) is 9.61. The fraction of sp³-hybridized carbons (Fsp3) is 0.833. The van der Waals surface area contributed by atoms with Crippen molar-refractivity contribution in [2.24, 2.45) is 29.6 Å². The third kappa shape index (κ3) is 2.77. The average molecular weight is 370 g/mol. The number of carbonyl (C=O) groups excluding carboxylic acids is 1. The average Bonchev–Trinajstić information content (AvgIpc) is 2.83. The zero-order valence-electron chi connectivity index (χ0n) is 13.9. The minimum atomic E-state index is 0.0115. The van der Waals surface area contributed by atoms with Gasteiger partial charge in [-0.05, 0) is 48.5 Å². The van der Waals surface area contributed by atoms with Crippen LogP contribution < -0.4 is 0 Å². The summed E-state index contributed by atoms with van der Waals surface area (Å²) >= 11 is 3.79. The summed E-state index contributed by atoms with van der Waals surface area (Å²) in [6.45, 7) is 9.15. The smallest absolute Gasteiger partial charge is 0.309 e. The van der Waals surface area contributed by atoms with Crippen LogP contribution in [0.25, 0.3) is 0 Å². The van der Waals surface area contributed by atoms with E-state index in [1.54, 1.807) is 0 Å². The zero-order valence-corrected chi connectivity index (χ0v) is 15.5. The van der Waals surface area contributed by atoms with Gasteiger partial charge in [0.2, 0.25) is 0 Å². The molecule has 3 aliphatic rings. The molecule has 0 saturated carbocycles. The van der Waals surface area contributed by atoms with E-state index in [-0.39, 0.29) is 17.8 Å². The molecule has 2 saturated heterocycles. The first-order valence-electron chi connectivity index (χ1n) is 8.82. The second-order valence-electron chi connectivity index (χ2n) is 7.40. The fourth-order valence-corrected chi connectivity index (χ4v) is 6.18. The monoisotopic (exact) mass is 369 g/mol. The Hall–Kier alpha value is -0.350. The molecule has 0 bridgehead atoms. The highest BCUT2D eigenvalue weighted by Gasteiger charge is 2.53. The quantitative estimate of drug-likeness (QED) is 0.708. The van der Waals surface area contributed by atoms with Crippen molar-refractivity contribution in [2.45, 2.75) is 46.1 Å². The Balaban J connectivity index is 1.96. The van der Waals surface area contributed by atoms with Gasteiger partial charge in [0.15, 0.2) is 0 Å². The first kappa shape index (κ1) is 16.5. The first-order chi connectivity index (χ1) is 10.5. The second-order valence-corrected chi connectivity index (χ2v) is 8.31. The summed E-state index contributed by atoms with van der Waals surface area (Å²) in [5.41, 5.74) is 0. The number of piperidine rings is 1. The predicted octanol–water partition coefficient (Wildman–Crippen LogP) is 3.83. The SMILES string of the molecule is CCOC(=O)[C@H]1[C@@H]2[C@H]3CCCCN3C[C@@H]2C=C(Br)[C@@H]1C(C)C. The van der Waals surface area contributed by atoms with E-state index >= 15 is 0 Å². The number of carbonyl (C=O) groups is 1. The molecule has 1 aliphatic carbocycles. The van der Waals surface area contributed by atoms with Crippen molar-refractivity contribution in [3.8, 4) is 0 Å². The molecule has 0 spiro atoms. The summed E-state index contributed by atoms with van der Waals surface area (Å²) in [5, 5.41) is 0.